The summed E-state index contributed by atoms with van der Waals surface area (Å²) in [5, 5.41) is 4.00. The molecule has 3 rings (SSSR count). The second-order valence-corrected chi connectivity index (χ2v) is 6.79. The standard InChI is InChI=1S/C19H19Cl2N3O/c1-3-4-8-22-19(25)12-10-16-15(9-11(12)2)23-18(24-16)17-13(20)6-5-7-14(17)21/h5-7,9-10H,3-4,8H2,1-2H3,(H,22,25)(H,23,24). The number of halogens is 2. The van der Waals surface area contributed by atoms with E-state index >= 15 is 0 Å². The van der Waals surface area contributed by atoms with E-state index in [2.05, 4.69) is 22.2 Å². The average molecular weight is 376 g/mol. The molecule has 6 heteroatoms. The largest absolute Gasteiger partial charge is 0.352 e. The van der Waals surface area contributed by atoms with Gasteiger partial charge in [0.2, 0.25) is 0 Å². The SMILES string of the molecule is CCCCNC(=O)c1cc2nc(-c3c(Cl)cccc3Cl)[nH]c2cc1C. The van der Waals surface area contributed by atoms with Crippen molar-refractivity contribution in [2.75, 3.05) is 6.54 Å². The molecule has 2 N–H and O–H groups in total. The van der Waals surface area contributed by atoms with Crippen molar-refractivity contribution in [2.24, 2.45) is 0 Å². The van der Waals surface area contributed by atoms with Crippen molar-refractivity contribution in [1.29, 1.82) is 0 Å². The smallest absolute Gasteiger partial charge is 0.251 e. The van der Waals surface area contributed by atoms with Crippen molar-refractivity contribution >= 4 is 40.1 Å². The van der Waals surface area contributed by atoms with E-state index in [1.54, 1.807) is 24.3 Å². The molecule has 0 unspecified atom stereocenters. The molecule has 0 aliphatic rings. The monoisotopic (exact) mass is 375 g/mol. The molecule has 1 aromatic heterocycles. The summed E-state index contributed by atoms with van der Waals surface area (Å²) in [4.78, 5) is 20.2. The van der Waals surface area contributed by atoms with Gasteiger partial charge >= 0.3 is 0 Å². The first kappa shape index (κ1) is 17.8. The molecule has 3 aromatic rings. The van der Waals surface area contributed by atoms with Crippen LogP contribution in [-0.2, 0) is 0 Å². The number of carbonyl (C=O) groups is 1. The molecule has 0 bridgehead atoms. The molecule has 1 amide bonds. The number of hydrogen-bond donors (Lipinski definition) is 2. The number of H-pyrrole nitrogens is 1. The third kappa shape index (κ3) is 3.65. The van der Waals surface area contributed by atoms with E-state index in [-0.39, 0.29) is 5.91 Å². The Labute approximate surface area is 156 Å². The number of carbonyl (C=O) groups excluding carboxylic acids is 1. The van der Waals surface area contributed by atoms with Crippen LogP contribution in [0, 0.1) is 6.92 Å². The van der Waals surface area contributed by atoms with Crippen LogP contribution in [0.25, 0.3) is 22.4 Å². The van der Waals surface area contributed by atoms with E-state index in [1.165, 1.54) is 0 Å². The van der Waals surface area contributed by atoms with Crippen LogP contribution in [-0.4, -0.2) is 22.4 Å². The van der Waals surface area contributed by atoms with Gasteiger partial charge < -0.3 is 10.3 Å². The molecule has 0 atom stereocenters. The fraction of sp³-hybridized carbons (Fsp3) is 0.263. The van der Waals surface area contributed by atoms with Crippen LogP contribution in [0.1, 0.15) is 35.7 Å². The molecule has 2 aromatic carbocycles. The molecule has 1 heterocycles. The van der Waals surface area contributed by atoms with Crippen LogP contribution in [0.4, 0.5) is 0 Å². The number of aromatic amines is 1. The first-order valence-corrected chi connectivity index (χ1v) is 8.99. The minimum Gasteiger partial charge on any atom is -0.352 e. The van der Waals surface area contributed by atoms with Crippen molar-refractivity contribution in [3.63, 3.8) is 0 Å². The highest BCUT2D eigenvalue weighted by atomic mass is 35.5. The van der Waals surface area contributed by atoms with Crippen molar-refractivity contribution < 1.29 is 4.79 Å². The highest BCUT2D eigenvalue weighted by Crippen LogP contribution is 2.34. The zero-order chi connectivity index (χ0) is 18.0. The number of nitrogens with one attached hydrogen (secondary N) is 2. The summed E-state index contributed by atoms with van der Waals surface area (Å²) < 4.78 is 0. The van der Waals surface area contributed by atoms with E-state index in [0.717, 1.165) is 23.9 Å². The lowest BCUT2D eigenvalue weighted by molar-refractivity contribution is 0.0952. The summed E-state index contributed by atoms with van der Waals surface area (Å²) in [5.74, 6) is 0.515. The predicted octanol–water partition coefficient (Wildman–Crippen LogP) is 5.38. The number of unbranched alkanes of at least 4 members (excludes halogenated alkanes) is 1. The van der Waals surface area contributed by atoms with Crippen LogP contribution in [0.3, 0.4) is 0 Å². The number of benzene rings is 2. The Morgan fingerprint density at radius 1 is 1.24 bits per heavy atom. The van der Waals surface area contributed by atoms with Gasteiger partial charge in [-0.25, -0.2) is 4.98 Å². The Bertz CT molecular complexity index is 914. The Balaban J connectivity index is 2.00. The average Bonchev–Trinajstić information content (AvgIpc) is 2.96. The lowest BCUT2D eigenvalue weighted by Crippen LogP contribution is -2.25. The highest BCUT2D eigenvalue weighted by molar-refractivity contribution is 6.39. The Morgan fingerprint density at radius 2 is 1.96 bits per heavy atom. The summed E-state index contributed by atoms with van der Waals surface area (Å²) in [6, 6.07) is 9.06. The first-order valence-electron chi connectivity index (χ1n) is 8.24. The predicted molar refractivity (Wildman–Crippen MR) is 104 cm³/mol. The maximum atomic E-state index is 12.4. The summed E-state index contributed by atoms with van der Waals surface area (Å²) in [6.45, 7) is 4.68. The van der Waals surface area contributed by atoms with Gasteiger partial charge in [-0.1, -0.05) is 42.6 Å². The second-order valence-electron chi connectivity index (χ2n) is 5.98. The molecule has 0 spiro atoms. The van der Waals surface area contributed by atoms with Gasteiger partial charge in [-0.3, -0.25) is 4.79 Å². The third-order valence-electron chi connectivity index (χ3n) is 4.09. The molecule has 0 aliphatic heterocycles. The Morgan fingerprint density at radius 3 is 2.64 bits per heavy atom. The van der Waals surface area contributed by atoms with Crippen LogP contribution in [0.2, 0.25) is 10.0 Å². The molecule has 4 nitrogen and oxygen atoms in total. The summed E-state index contributed by atoms with van der Waals surface area (Å²) in [7, 11) is 0. The fourth-order valence-corrected chi connectivity index (χ4v) is 3.30. The van der Waals surface area contributed by atoms with E-state index in [1.807, 2.05) is 13.0 Å². The number of fused-ring (bicyclic) bond motifs is 1. The Kier molecular flexibility index (Phi) is 5.30. The van der Waals surface area contributed by atoms with Crippen LogP contribution in [0.5, 0.6) is 0 Å². The zero-order valence-corrected chi connectivity index (χ0v) is 15.6. The van der Waals surface area contributed by atoms with Crippen molar-refractivity contribution in [3.05, 3.63) is 51.5 Å². The number of imidazole rings is 1. The lowest BCUT2D eigenvalue weighted by Gasteiger charge is -2.07. The second kappa shape index (κ2) is 7.46. The quantitative estimate of drug-likeness (QED) is 0.588. The van der Waals surface area contributed by atoms with Crippen molar-refractivity contribution in [1.82, 2.24) is 15.3 Å². The minimum atomic E-state index is -0.0758. The lowest BCUT2D eigenvalue weighted by atomic mass is 10.1. The van der Waals surface area contributed by atoms with E-state index in [4.69, 9.17) is 23.2 Å². The van der Waals surface area contributed by atoms with Gasteiger partial charge in [0.1, 0.15) is 5.82 Å². The van der Waals surface area contributed by atoms with Crippen molar-refractivity contribution in [3.8, 4) is 11.4 Å². The fourth-order valence-electron chi connectivity index (χ4n) is 2.73. The molecule has 0 fully saturated rings. The first-order chi connectivity index (χ1) is 12.0. The normalized spacial score (nSPS) is 11.0. The maximum Gasteiger partial charge on any atom is 0.251 e. The van der Waals surface area contributed by atoms with E-state index in [9.17, 15) is 4.79 Å². The number of rotatable bonds is 5. The van der Waals surface area contributed by atoms with E-state index < -0.39 is 0 Å². The summed E-state index contributed by atoms with van der Waals surface area (Å²) in [5.41, 5.74) is 3.73. The molecule has 0 saturated heterocycles. The Hall–Kier alpha value is -2.04. The summed E-state index contributed by atoms with van der Waals surface area (Å²) >= 11 is 12.5. The van der Waals surface area contributed by atoms with E-state index in [0.29, 0.717) is 39.1 Å². The number of hydrogen-bond acceptors (Lipinski definition) is 2. The number of nitrogens with zero attached hydrogens (tertiary/aromatic N) is 1. The van der Waals surface area contributed by atoms with Crippen LogP contribution < -0.4 is 5.32 Å². The molecule has 0 saturated carbocycles. The third-order valence-corrected chi connectivity index (χ3v) is 4.72. The maximum absolute atomic E-state index is 12.4. The van der Waals surface area contributed by atoms with Gasteiger partial charge in [0.25, 0.3) is 5.91 Å². The molecule has 0 aliphatic carbocycles. The van der Waals surface area contributed by atoms with Gasteiger partial charge in [-0.15, -0.1) is 0 Å². The molecular weight excluding hydrogens is 357 g/mol. The molecule has 25 heavy (non-hydrogen) atoms. The van der Waals surface area contributed by atoms with Crippen LogP contribution in [0.15, 0.2) is 30.3 Å². The molecule has 130 valence electrons. The van der Waals surface area contributed by atoms with Gasteiger partial charge in [-0.05, 0) is 43.2 Å². The molecular formula is C19H19Cl2N3O. The van der Waals surface area contributed by atoms with Gasteiger partial charge in [0.05, 0.1) is 26.6 Å². The molecule has 0 radical (unpaired) electrons. The highest BCUT2D eigenvalue weighted by Gasteiger charge is 2.16. The zero-order valence-electron chi connectivity index (χ0n) is 14.1. The number of aryl methyl sites for hydroxylation is 1. The van der Waals surface area contributed by atoms with Gasteiger partial charge in [-0.2, -0.15) is 0 Å². The van der Waals surface area contributed by atoms with Gasteiger partial charge in [0.15, 0.2) is 0 Å². The minimum absolute atomic E-state index is 0.0758. The number of aromatic nitrogens is 2. The van der Waals surface area contributed by atoms with Crippen LogP contribution >= 0.6 is 23.2 Å². The topological polar surface area (TPSA) is 57.8 Å². The van der Waals surface area contributed by atoms with Crippen molar-refractivity contribution in [2.45, 2.75) is 26.7 Å². The summed E-state index contributed by atoms with van der Waals surface area (Å²) in [6.07, 6.45) is 2.00. The van der Waals surface area contributed by atoms with Gasteiger partial charge in [0, 0.05) is 12.1 Å². The number of amides is 1.